The first-order chi connectivity index (χ1) is 15.1. The van der Waals surface area contributed by atoms with E-state index in [-0.39, 0.29) is 11.2 Å². The molecule has 2 aromatic carbocycles. The van der Waals surface area contributed by atoms with E-state index >= 15 is 0 Å². The number of nitrogens with one attached hydrogen (secondary N) is 1. The van der Waals surface area contributed by atoms with Gasteiger partial charge in [0.05, 0.1) is 31.3 Å². The van der Waals surface area contributed by atoms with Crippen molar-refractivity contribution in [3.8, 4) is 11.4 Å². The highest BCUT2D eigenvalue weighted by Crippen LogP contribution is 2.26. The van der Waals surface area contributed by atoms with Crippen LogP contribution in [-0.2, 0) is 9.53 Å². The Kier molecular flexibility index (Phi) is 6.73. The zero-order chi connectivity index (χ0) is 21.6. The molecule has 4 rings (SSSR count). The lowest BCUT2D eigenvalue weighted by atomic mass is 10.2. The lowest BCUT2D eigenvalue weighted by Crippen LogP contribution is -2.36. The maximum Gasteiger partial charge on any atom is 0.237 e. The summed E-state index contributed by atoms with van der Waals surface area (Å²) in [5.41, 5.74) is 2.77. The van der Waals surface area contributed by atoms with Crippen molar-refractivity contribution in [1.29, 1.82) is 0 Å². The van der Waals surface area contributed by atoms with Crippen LogP contribution in [0.3, 0.4) is 0 Å². The lowest BCUT2D eigenvalue weighted by Gasteiger charge is -2.28. The first kappa shape index (κ1) is 21.2. The third-order valence-corrected chi connectivity index (χ3v) is 6.07. The number of anilines is 2. The fourth-order valence-corrected chi connectivity index (χ4v) is 4.12. The van der Waals surface area contributed by atoms with Gasteiger partial charge < -0.3 is 19.7 Å². The Hall–Kier alpha value is -3.04. The van der Waals surface area contributed by atoms with Gasteiger partial charge in [0.25, 0.3) is 0 Å². The van der Waals surface area contributed by atoms with Gasteiger partial charge in [-0.05, 0) is 43.3 Å². The number of ether oxygens (including phenoxy) is 2. The molecule has 1 atom stereocenters. The number of nitrogens with zero attached hydrogens (tertiary/aromatic N) is 4. The molecule has 0 radical (unpaired) electrons. The van der Waals surface area contributed by atoms with Crippen LogP contribution in [0.25, 0.3) is 5.69 Å². The van der Waals surface area contributed by atoms with E-state index in [4.69, 9.17) is 9.47 Å². The van der Waals surface area contributed by atoms with Gasteiger partial charge in [-0.2, -0.15) is 0 Å². The highest BCUT2D eigenvalue weighted by Gasteiger charge is 2.19. The van der Waals surface area contributed by atoms with Gasteiger partial charge in [0.2, 0.25) is 5.91 Å². The number of aromatic nitrogens is 3. The number of carbonyl (C=O) groups is 1. The van der Waals surface area contributed by atoms with E-state index in [1.807, 2.05) is 60.0 Å². The van der Waals surface area contributed by atoms with Crippen LogP contribution >= 0.6 is 11.8 Å². The Bertz CT molecular complexity index is 1020. The van der Waals surface area contributed by atoms with Crippen molar-refractivity contribution in [3.63, 3.8) is 0 Å². The molecule has 3 aromatic rings. The van der Waals surface area contributed by atoms with Gasteiger partial charge in [-0.15, -0.1) is 10.2 Å². The van der Waals surface area contributed by atoms with Gasteiger partial charge in [-0.25, -0.2) is 0 Å². The van der Waals surface area contributed by atoms with Crippen LogP contribution in [0.5, 0.6) is 5.75 Å². The zero-order valence-corrected chi connectivity index (χ0v) is 18.3. The van der Waals surface area contributed by atoms with E-state index in [0.29, 0.717) is 5.16 Å². The highest BCUT2D eigenvalue weighted by molar-refractivity contribution is 8.00. The molecule has 0 spiro atoms. The number of amides is 1. The second-order valence-electron chi connectivity index (χ2n) is 7.08. The van der Waals surface area contributed by atoms with E-state index in [1.165, 1.54) is 11.8 Å². The summed E-state index contributed by atoms with van der Waals surface area (Å²) in [5, 5.41) is 11.5. The molecule has 1 amide bonds. The average Bonchev–Trinajstić information content (AvgIpc) is 3.28. The lowest BCUT2D eigenvalue weighted by molar-refractivity contribution is -0.115. The number of carbonyl (C=O) groups excluding carboxylic acids is 1. The molecule has 0 bridgehead atoms. The largest absolute Gasteiger partial charge is 0.497 e. The molecule has 0 unspecified atom stereocenters. The van der Waals surface area contributed by atoms with Crippen LogP contribution in [0.15, 0.2) is 60.0 Å². The van der Waals surface area contributed by atoms with Crippen molar-refractivity contribution in [2.75, 3.05) is 43.6 Å². The van der Waals surface area contributed by atoms with E-state index in [0.717, 1.165) is 49.1 Å². The molecule has 1 N–H and O–H groups in total. The average molecular weight is 440 g/mol. The van der Waals surface area contributed by atoms with Crippen molar-refractivity contribution in [1.82, 2.24) is 14.8 Å². The molecular weight excluding hydrogens is 414 g/mol. The maximum absolute atomic E-state index is 12.7. The summed E-state index contributed by atoms with van der Waals surface area (Å²) >= 11 is 1.35. The molecule has 0 aliphatic carbocycles. The van der Waals surface area contributed by atoms with E-state index in [2.05, 4.69) is 20.4 Å². The van der Waals surface area contributed by atoms with Crippen LogP contribution in [0, 0.1) is 0 Å². The summed E-state index contributed by atoms with van der Waals surface area (Å²) in [5.74, 6) is 0.651. The normalized spacial score (nSPS) is 14.8. The quantitative estimate of drug-likeness (QED) is 0.566. The summed E-state index contributed by atoms with van der Waals surface area (Å²) < 4.78 is 12.5. The fraction of sp³-hybridized carbons (Fsp3) is 0.318. The third kappa shape index (κ3) is 5.18. The monoisotopic (exact) mass is 439 g/mol. The highest BCUT2D eigenvalue weighted by atomic mass is 32.2. The number of thioether (sulfide) groups is 1. The topological polar surface area (TPSA) is 81.5 Å². The molecule has 9 heteroatoms. The molecule has 1 fully saturated rings. The molecule has 1 saturated heterocycles. The Morgan fingerprint density at radius 2 is 1.94 bits per heavy atom. The number of methoxy groups -OCH3 is 1. The number of hydrogen-bond acceptors (Lipinski definition) is 7. The van der Waals surface area contributed by atoms with Crippen molar-refractivity contribution in [2.24, 2.45) is 0 Å². The van der Waals surface area contributed by atoms with Gasteiger partial charge in [0.1, 0.15) is 12.1 Å². The van der Waals surface area contributed by atoms with Crippen molar-refractivity contribution >= 4 is 29.0 Å². The minimum absolute atomic E-state index is 0.0932. The van der Waals surface area contributed by atoms with Crippen molar-refractivity contribution in [3.05, 3.63) is 54.9 Å². The maximum atomic E-state index is 12.7. The number of benzene rings is 2. The van der Waals surface area contributed by atoms with Gasteiger partial charge in [0, 0.05) is 30.5 Å². The Morgan fingerprint density at radius 3 is 2.68 bits per heavy atom. The second-order valence-corrected chi connectivity index (χ2v) is 8.39. The smallest absolute Gasteiger partial charge is 0.237 e. The molecule has 0 saturated carbocycles. The minimum Gasteiger partial charge on any atom is -0.497 e. The summed E-state index contributed by atoms with van der Waals surface area (Å²) in [6.45, 7) is 5.11. The molecule has 1 aromatic heterocycles. The Morgan fingerprint density at radius 1 is 1.16 bits per heavy atom. The summed E-state index contributed by atoms with van der Waals surface area (Å²) in [6, 6.07) is 15.5. The van der Waals surface area contributed by atoms with E-state index in [1.54, 1.807) is 13.4 Å². The predicted molar refractivity (Wildman–Crippen MR) is 121 cm³/mol. The molecule has 1 aliphatic rings. The third-order valence-electron chi connectivity index (χ3n) is 5.01. The van der Waals surface area contributed by atoms with Crippen molar-refractivity contribution < 1.29 is 14.3 Å². The van der Waals surface area contributed by atoms with Crippen LogP contribution in [0.2, 0.25) is 0 Å². The summed E-state index contributed by atoms with van der Waals surface area (Å²) in [7, 11) is 1.63. The fourth-order valence-electron chi connectivity index (χ4n) is 3.27. The van der Waals surface area contributed by atoms with Crippen molar-refractivity contribution in [2.45, 2.75) is 17.3 Å². The molecule has 31 heavy (non-hydrogen) atoms. The standard InChI is InChI=1S/C22H25N5O3S/c1-16(31-22-25-23-15-27(22)19-4-3-5-20(14-19)29-2)21(28)24-17-6-8-18(9-7-17)26-10-12-30-13-11-26/h3-9,14-16H,10-13H2,1-2H3,(H,24,28)/t16-/m0/s1. The molecule has 2 heterocycles. The Balaban J connectivity index is 1.39. The van der Waals surface area contributed by atoms with Gasteiger partial charge >= 0.3 is 0 Å². The number of rotatable bonds is 7. The zero-order valence-electron chi connectivity index (χ0n) is 17.5. The predicted octanol–water partition coefficient (Wildman–Crippen LogP) is 3.23. The number of morpholine rings is 1. The molecular formula is C22H25N5O3S. The molecule has 1 aliphatic heterocycles. The summed E-state index contributed by atoms with van der Waals surface area (Å²) in [4.78, 5) is 15.0. The summed E-state index contributed by atoms with van der Waals surface area (Å²) in [6.07, 6.45) is 1.63. The van der Waals surface area contributed by atoms with Crippen LogP contribution in [0.1, 0.15) is 6.92 Å². The van der Waals surface area contributed by atoms with E-state index < -0.39 is 0 Å². The van der Waals surface area contributed by atoms with Crippen LogP contribution < -0.4 is 15.0 Å². The molecule has 8 nitrogen and oxygen atoms in total. The second kappa shape index (κ2) is 9.84. The first-order valence-electron chi connectivity index (χ1n) is 10.1. The number of hydrogen-bond donors (Lipinski definition) is 1. The van der Waals surface area contributed by atoms with Crippen LogP contribution in [0.4, 0.5) is 11.4 Å². The van der Waals surface area contributed by atoms with Gasteiger partial charge in [-0.3, -0.25) is 9.36 Å². The van der Waals surface area contributed by atoms with Gasteiger partial charge in [0.15, 0.2) is 5.16 Å². The van der Waals surface area contributed by atoms with Crippen LogP contribution in [-0.4, -0.2) is 59.3 Å². The minimum atomic E-state index is -0.354. The van der Waals surface area contributed by atoms with Gasteiger partial charge in [-0.1, -0.05) is 17.8 Å². The Labute approximate surface area is 185 Å². The first-order valence-corrected chi connectivity index (χ1v) is 11.0. The molecule has 162 valence electrons. The SMILES string of the molecule is COc1cccc(-n2cnnc2S[C@@H](C)C(=O)Nc2ccc(N3CCOCC3)cc2)c1. The van der Waals surface area contributed by atoms with E-state index in [9.17, 15) is 4.79 Å².